The predicted molar refractivity (Wildman–Crippen MR) is 108 cm³/mol. The molecule has 1 aliphatic heterocycles. The van der Waals surface area contributed by atoms with Crippen molar-refractivity contribution in [2.24, 2.45) is 5.41 Å². The van der Waals surface area contributed by atoms with Gasteiger partial charge < -0.3 is 21.1 Å². The summed E-state index contributed by atoms with van der Waals surface area (Å²) in [6, 6.07) is 4.89. The van der Waals surface area contributed by atoms with Gasteiger partial charge in [-0.25, -0.2) is 0 Å². The molecule has 1 aromatic carbocycles. The molecule has 1 aromatic rings. The van der Waals surface area contributed by atoms with Crippen LogP contribution in [0.1, 0.15) is 50.5 Å². The van der Waals surface area contributed by atoms with E-state index in [0.29, 0.717) is 19.4 Å². The fourth-order valence-corrected chi connectivity index (χ4v) is 4.06. The van der Waals surface area contributed by atoms with E-state index in [1.165, 1.54) is 6.42 Å². The highest BCUT2D eigenvalue weighted by molar-refractivity contribution is 6.06. The molecule has 29 heavy (non-hydrogen) atoms. The number of hydrogen-bond donors (Lipinski definition) is 6. The van der Waals surface area contributed by atoms with Gasteiger partial charge >= 0.3 is 0 Å². The minimum atomic E-state index is -1.34. The van der Waals surface area contributed by atoms with Gasteiger partial charge in [-0.15, -0.1) is 0 Å². The highest BCUT2D eigenvalue weighted by Gasteiger charge is 2.49. The van der Waals surface area contributed by atoms with Crippen molar-refractivity contribution in [2.75, 3.05) is 18.9 Å². The molecule has 1 unspecified atom stereocenters. The Morgan fingerprint density at radius 3 is 2.76 bits per heavy atom. The second kappa shape index (κ2) is 9.13. The van der Waals surface area contributed by atoms with Crippen LogP contribution in [0.5, 0.6) is 5.75 Å². The van der Waals surface area contributed by atoms with Crippen LogP contribution in [-0.4, -0.2) is 42.1 Å². The van der Waals surface area contributed by atoms with Gasteiger partial charge in [0.1, 0.15) is 12.4 Å². The molecule has 2 aliphatic rings. The summed E-state index contributed by atoms with van der Waals surface area (Å²) in [5.41, 5.74) is 6.75. The second-order valence-corrected chi connectivity index (χ2v) is 7.75. The number of benzene rings is 1. The molecule has 0 radical (unpaired) electrons. The van der Waals surface area contributed by atoms with Crippen molar-refractivity contribution in [3.8, 4) is 5.75 Å². The maximum Gasteiger partial charge on any atom is 0.239 e. The van der Waals surface area contributed by atoms with Gasteiger partial charge in [-0.05, 0) is 37.8 Å². The molecule has 9 nitrogen and oxygen atoms in total. The Hall–Kier alpha value is -2.81. The zero-order chi connectivity index (χ0) is 20.9. The fraction of sp³-hybridized carbons (Fsp3) is 0.550. The highest BCUT2D eigenvalue weighted by atomic mass is 16.5. The summed E-state index contributed by atoms with van der Waals surface area (Å²) < 4.78 is 5.87. The molecule has 2 amide bonds. The van der Waals surface area contributed by atoms with E-state index >= 15 is 0 Å². The van der Waals surface area contributed by atoms with Crippen molar-refractivity contribution in [3.05, 3.63) is 23.8 Å². The summed E-state index contributed by atoms with van der Waals surface area (Å²) in [5.74, 6) is -0.771. The summed E-state index contributed by atoms with van der Waals surface area (Å²) in [6.45, 7) is 0.354. The van der Waals surface area contributed by atoms with Crippen LogP contribution >= 0.6 is 0 Å². The molecule has 1 heterocycles. The van der Waals surface area contributed by atoms with Gasteiger partial charge in [-0.2, -0.15) is 0 Å². The van der Waals surface area contributed by atoms with E-state index in [9.17, 15) is 9.59 Å². The Kier molecular flexibility index (Phi) is 6.58. The number of carbonyl (C=O) groups excluding carboxylic acids is 2. The number of anilines is 1. The van der Waals surface area contributed by atoms with Gasteiger partial charge in [-0.3, -0.25) is 25.7 Å². The van der Waals surface area contributed by atoms with Crippen molar-refractivity contribution in [1.29, 1.82) is 5.41 Å². The minimum Gasteiger partial charge on any atom is -0.491 e. The van der Waals surface area contributed by atoms with E-state index in [-0.39, 0.29) is 47.3 Å². The van der Waals surface area contributed by atoms with Gasteiger partial charge in [0.05, 0.1) is 5.56 Å². The monoisotopic (exact) mass is 403 g/mol. The van der Waals surface area contributed by atoms with Crippen molar-refractivity contribution in [3.63, 3.8) is 0 Å². The third kappa shape index (κ3) is 4.45. The Balaban J connectivity index is 1.82. The number of rotatable bonds is 6. The molecule has 1 saturated heterocycles. The molecule has 9 heteroatoms. The SMILES string of the molecule is N=C(NO)c1c(N)cccc1OCC1(C(=O)NC2CCCCC2)CCCNC1=O. The lowest BCUT2D eigenvalue weighted by Crippen LogP contribution is -2.59. The zero-order valence-electron chi connectivity index (χ0n) is 16.4. The minimum absolute atomic E-state index is 0.0811. The molecule has 2 fully saturated rings. The standard InChI is InChI=1S/C20H29N5O4/c21-14-8-4-9-15(16(14)17(22)25-28)29-12-20(10-5-11-23-18(20)26)19(27)24-13-6-2-1-3-7-13/h4,8-9,13,28H,1-3,5-7,10-12,21H2,(H2,22,25)(H,23,26)(H,24,27). The average Bonchev–Trinajstić information content (AvgIpc) is 2.73. The first kappa shape index (κ1) is 20.9. The van der Waals surface area contributed by atoms with E-state index in [1.807, 2.05) is 0 Å². The molecule has 0 bridgehead atoms. The number of amidine groups is 1. The lowest BCUT2D eigenvalue weighted by molar-refractivity contribution is -0.148. The largest absolute Gasteiger partial charge is 0.491 e. The summed E-state index contributed by atoms with van der Waals surface area (Å²) in [6.07, 6.45) is 6.21. The lowest BCUT2D eigenvalue weighted by atomic mass is 9.79. The quantitative estimate of drug-likeness (QED) is 0.139. The van der Waals surface area contributed by atoms with Crippen LogP contribution in [0.3, 0.4) is 0 Å². The van der Waals surface area contributed by atoms with Gasteiger partial charge in [0, 0.05) is 18.3 Å². The maximum absolute atomic E-state index is 13.2. The lowest BCUT2D eigenvalue weighted by Gasteiger charge is -2.36. The van der Waals surface area contributed by atoms with Crippen LogP contribution in [0.15, 0.2) is 18.2 Å². The number of hydroxylamine groups is 1. The normalized spacial score (nSPS) is 22.4. The molecule has 158 valence electrons. The molecule has 0 spiro atoms. The van der Waals surface area contributed by atoms with Crippen molar-refractivity contribution < 1.29 is 19.5 Å². The number of ether oxygens (including phenoxy) is 1. The van der Waals surface area contributed by atoms with Gasteiger partial charge in [0.15, 0.2) is 11.3 Å². The number of nitrogens with one attached hydrogen (secondary N) is 4. The number of amides is 2. The van der Waals surface area contributed by atoms with Gasteiger partial charge in [0.25, 0.3) is 0 Å². The van der Waals surface area contributed by atoms with Crippen LogP contribution in [0.2, 0.25) is 0 Å². The molecule has 7 N–H and O–H groups in total. The van der Waals surface area contributed by atoms with Crippen LogP contribution in [0.4, 0.5) is 5.69 Å². The number of piperidine rings is 1. The molecule has 1 atom stereocenters. The van der Waals surface area contributed by atoms with Crippen LogP contribution in [-0.2, 0) is 9.59 Å². The summed E-state index contributed by atoms with van der Waals surface area (Å²) in [4.78, 5) is 26.0. The molecule has 1 saturated carbocycles. The highest BCUT2D eigenvalue weighted by Crippen LogP contribution is 2.32. The van der Waals surface area contributed by atoms with Crippen molar-refractivity contribution in [1.82, 2.24) is 16.1 Å². The van der Waals surface area contributed by atoms with Gasteiger partial charge in [-0.1, -0.05) is 25.3 Å². The Morgan fingerprint density at radius 1 is 1.31 bits per heavy atom. The zero-order valence-corrected chi connectivity index (χ0v) is 16.4. The van der Waals surface area contributed by atoms with Crippen LogP contribution < -0.4 is 26.6 Å². The number of nitrogen functional groups attached to an aromatic ring is 1. The Bertz CT molecular complexity index is 778. The molecular formula is C20H29N5O4. The Labute approximate surface area is 169 Å². The number of carbonyl (C=O) groups is 2. The van der Waals surface area contributed by atoms with Crippen molar-refractivity contribution >= 4 is 23.3 Å². The summed E-state index contributed by atoms with van der Waals surface area (Å²) >= 11 is 0. The first-order valence-corrected chi connectivity index (χ1v) is 10.1. The molecule has 1 aliphatic carbocycles. The fourth-order valence-electron chi connectivity index (χ4n) is 4.06. The first-order valence-electron chi connectivity index (χ1n) is 10.1. The smallest absolute Gasteiger partial charge is 0.239 e. The van der Waals surface area contributed by atoms with E-state index < -0.39 is 5.41 Å². The molecular weight excluding hydrogens is 374 g/mol. The molecule has 0 aromatic heterocycles. The van der Waals surface area contributed by atoms with E-state index in [0.717, 1.165) is 25.7 Å². The van der Waals surface area contributed by atoms with E-state index in [1.54, 1.807) is 23.7 Å². The number of nitrogens with two attached hydrogens (primary N) is 1. The summed E-state index contributed by atoms with van der Waals surface area (Å²) in [7, 11) is 0. The third-order valence-electron chi connectivity index (χ3n) is 5.77. The third-order valence-corrected chi connectivity index (χ3v) is 5.77. The van der Waals surface area contributed by atoms with E-state index in [2.05, 4.69) is 10.6 Å². The van der Waals surface area contributed by atoms with Crippen LogP contribution in [0.25, 0.3) is 0 Å². The van der Waals surface area contributed by atoms with Crippen molar-refractivity contribution in [2.45, 2.75) is 51.0 Å². The predicted octanol–water partition coefficient (Wildman–Crippen LogP) is 1.30. The van der Waals surface area contributed by atoms with E-state index in [4.69, 9.17) is 21.1 Å². The Morgan fingerprint density at radius 2 is 2.07 bits per heavy atom. The maximum atomic E-state index is 13.2. The molecule has 3 rings (SSSR count). The summed E-state index contributed by atoms with van der Waals surface area (Å²) in [5, 5.41) is 22.8. The average molecular weight is 403 g/mol. The first-order chi connectivity index (χ1) is 14.0. The number of hydrogen-bond acceptors (Lipinski definition) is 6. The topological polar surface area (TPSA) is 150 Å². The van der Waals surface area contributed by atoms with Gasteiger partial charge in [0.2, 0.25) is 11.8 Å². The second-order valence-electron chi connectivity index (χ2n) is 7.75. The van der Waals surface area contributed by atoms with Crippen LogP contribution in [0, 0.1) is 10.8 Å².